The fourth-order valence-corrected chi connectivity index (χ4v) is 3.11. The second-order valence-corrected chi connectivity index (χ2v) is 6.13. The van der Waals surface area contributed by atoms with Crippen molar-refractivity contribution in [3.05, 3.63) is 47.5 Å². The Morgan fingerprint density at radius 2 is 2.23 bits per heavy atom. The maximum atomic E-state index is 12.7. The number of nitrogens with zero attached hydrogens (tertiary/aromatic N) is 3. The lowest BCUT2D eigenvalue weighted by atomic mass is 10.1. The van der Waals surface area contributed by atoms with Gasteiger partial charge in [-0.2, -0.15) is 0 Å². The Bertz CT molecular complexity index is 679. The van der Waals surface area contributed by atoms with Gasteiger partial charge in [0.25, 0.3) is 0 Å². The van der Waals surface area contributed by atoms with Crippen LogP contribution < -0.4 is 4.90 Å². The second-order valence-electron chi connectivity index (χ2n) is 6.13. The molecule has 116 valence electrons. The van der Waals surface area contributed by atoms with Crippen molar-refractivity contribution in [2.45, 2.75) is 32.9 Å². The van der Waals surface area contributed by atoms with Crippen molar-refractivity contribution in [3.63, 3.8) is 0 Å². The summed E-state index contributed by atoms with van der Waals surface area (Å²) in [6.45, 7) is 5.11. The molecular weight excluding hydrogens is 276 g/mol. The van der Waals surface area contributed by atoms with Crippen molar-refractivity contribution in [1.82, 2.24) is 14.9 Å². The van der Waals surface area contributed by atoms with E-state index in [4.69, 9.17) is 0 Å². The van der Waals surface area contributed by atoms with Crippen molar-refractivity contribution in [2.24, 2.45) is 0 Å². The third-order valence-electron chi connectivity index (χ3n) is 4.06. The van der Waals surface area contributed by atoms with Gasteiger partial charge in [0.05, 0.1) is 13.1 Å². The van der Waals surface area contributed by atoms with Gasteiger partial charge in [0.15, 0.2) is 0 Å². The molecule has 5 nitrogen and oxygen atoms in total. The van der Waals surface area contributed by atoms with Crippen LogP contribution in [0.3, 0.4) is 0 Å². The van der Waals surface area contributed by atoms with E-state index in [2.05, 4.69) is 23.0 Å². The van der Waals surface area contributed by atoms with Gasteiger partial charge in [-0.1, -0.05) is 18.2 Å². The average molecular weight is 298 g/mol. The first-order chi connectivity index (χ1) is 10.5. The number of fused-ring (bicyclic) bond motifs is 1. The van der Waals surface area contributed by atoms with E-state index >= 15 is 0 Å². The number of anilines is 1. The molecule has 0 saturated heterocycles. The molecule has 1 aromatic carbocycles. The number of likely N-dealkylation sites (N-methyl/N-ethyl adjacent to an activating group) is 1. The van der Waals surface area contributed by atoms with Gasteiger partial charge in [-0.15, -0.1) is 0 Å². The number of imidazole rings is 1. The summed E-state index contributed by atoms with van der Waals surface area (Å²) < 4.78 is 0. The van der Waals surface area contributed by atoms with Gasteiger partial charge in [0, 0.05) is 23.6 Å². The molecule has 0 fully saturated rings. The molecule has 0 bridgehead atoms. The molecule has 0 aliphatic carbocycles. The summed E-state index contributed by atoms with van der Waals surface area (Å²) in [4.78, 5) is 24.1. The minimum absolute atomic E-state index is 0.142. The molecule has 5 heteroatoms. The maximum Gasteiger partial charge on any atom is 0.241 e. The highest BCUT2D eigenvalue weighted by atomic mass is 16.2. The van der Waals surface area contributed by atoms with Gasteiger partial charge >= 0.3 is 0 Å². The fourth-order valence-electron chi connectivity index (χ4n) is 3.11. The van der Waals surface area contributed by atoms with E-state index in [1.807, 2.05) is 48.2 Å². The smallest absolute Gasteiger partial charge is 0.241 e. The number of hydrogen-bond donors (Lipinski definition) is 1. The van der Waals surface area contributed by atoms with Crippen LogP contribution in [0.4, 0.5) is 5.69 Å². The van der Waals surface area contributed by atoms with Crippen LogP contribution in [0.15, 0.2) is 30.5 Å². The van der Waals surface area contributed by atoms with Crippen molar-refractivity contribution in [1.29, 1.82) is 0 Å². The number of hydrogen-bond acceptors (Lipinski definition) is 3. The van der Waals surface area contributed by atoms with Gasteiger partial charge in [0.1, 0.15) is 5.82 Å². The SMILES string of the molecule is Cc1cnc(CN(C)CC(=O)N2c3ccccc3C[C@@H]2C)[nH]1. The van der Waals surface area contributed by atoms with Gasteiger partial charge in [-0.05, 0) is 38.9 Å². The number of para-hydroxylation sites is 1. The molecule has 0 unspecified atom stereocenters. The van der Waals surface area contributed by atoms with Gasteiger partial charge in [0.2, 0.25) is 5.91 Å². The molecule has 1 amide bonds. The Hall–Kier alpha value is -2.14. The molecule has 1 N–H and O–H groups in total. The first kappa shape index (κ1) is 14.8. The first-order valence-electron chi connectivity index (χ1n) is 7.63. The number of nitrogens with one attached hydrogen (secondary N) is 1. The molecule has 0 radical (unpaired) electrons. The average Bonchev–Trinajstić information content (AvgIpc) is 3.00. The number of aromatic amines is 1. The minimum atomic E-state index is 0.142. The molecule has 2 aromatic rings. The maximum absolute atomic E-state index is 12.7. The predicted octanol–water partition coefficient (Wildman–Crippen LogP) is 2.13. The molecule has 2 heterocycles. The van der Waals surface area contributed by atoms with E-state index in [1.165, 1.54) is 5.56 Å². The third-order valence-corrected chi connectivity index (χ3v) is 4.06. The van der Waals surface area contributed by atoms with Gasteiger partial charge < -0.3 is 9.88 Å². The number of aromatic nitrogens is 2. The zero-order valence-corrected chi connectivity index (χ0v) is 13.3. The molecule has 0 saturated carbocycles. The number of rotatable bonds is 4. The summed E-state index contributed by atoms with van der Waals surface area (Å²) in [5, 5.41) is 0. The number of H-pyrrole nitrogens is 1. The minimum Gasteiger partial charge on any atom is -0.345 e. The van der Waals surface area contributed by atoms with Gasteiger partial charge in [-0.3, -0.25) is 9.69 Å². The Kier molecular flexibility index (Phi) is 3.98. The van der Waals surface area contributed by atoms with Crippen LogP contribution in [0.1, 0.15) is 24.0 Å². The number of aryl methyl sites for hydroxylation is 1. The van der Waals surface area contributed by atoms with E-state index < -0.39 is 0 Å². The third kappa shape index (κ3) is 2.90. The molecule has 1 aliphatic heterocycles. The van der Waals surface area contributed by atoms with Crippen LogP contribution in [-0.4, -0.2) is 40.4 Å². The fraction of sp³-hybridized carbons (Fsp3) is 0.412. The Morgan fingerprint density at radius 1 is 1.45 bits per heavy atom. The Balaban J connectivity index is 1.67. The molecule has 1 aromatic heterocycles. The number of carbonyl (C=O) groups is 1. The molecular formula is C17H22N4O. The lowest BCUT2D eigenvalue weighted by molar-refractivity contribution is -0.119. The molecule has 1 atom stereocenters. The summed E-state index contributed by atoms with van der Waals surface area (Å²) in [5.41, 5.74) is 3.35. The zero-order chi connectivity index (χ0) is 15.7. The van der Waals surface area contributed by atoms with Crippen LogP contribution in [-0.2, 0) is 17.8 Å². The topological polar surface area (TPSA) is 52.2 Å². The van der Waals surface area contributed by atoms with Crippen molar-refractivity contribution >= 4 is 11.6 Å². The number of carbonyl (C=O) groups excluding carboxylic acids is 1. The normalized spacial score (nSPS) is 17.1. The van der Waals surface area contributed by atoms with Crippen molar-refractivity contribution < 1.29 is 4.79 Å². The quantitative estimate of drug-likeness (QED) is 0.941. The van der Waals surface area contributed by atoms with Gasteiger partial charge in [-0.25, -0.2) is 4.98 Å². The summed E-state index contributed by atoms with van der Waals surface area (Å²) >= 11 is 0. The first-order valence-corrected chi connectivity index (χ1v) is 7.63. The van der Waals surface area contributed by atoms with Crippen LogP contribution in [0.2, 0.25) is 0 Å². The summed E-state index contributed by atoms with van der Waals surface area (Å²) in [6.07, 6.45) is 2.74. The Labute approximate surface area is 131 Å². The summed E-state index contributed by atoms with van der Waals surface area (Å²) in [7, 11) is 1.95. The largest absolute Gasteiger partial charge is 0.345 e. The second kappa shape index (κ2) is 5.93. The standard InChI is InChI=1S/C17H22N4O/c1-12-9-18-16(19-12)10-20(3)11-17(22)21-13(2)8-14-6-4-5-7-15(14)21/h4-7,9,13H,8,10-11H2,1-3H3,(H,18,19)/t13-/m0/s1. The Morgan fingerprint density at radius 3 is 2.95 bits per heavy atom. The van der Waals surface area contributed by atoms with Crippen molar-refractivity contribution in [2.75, 3.05) is 18.5 Å². The van der Waals surface area contributed by atoms with Crippen LogP contribution in [0.5, 0.6) is 0 Å². The monoisotopic (exact) mass is 298 g/mol. The number of benzene rings is 1. The molecule has 3 rings (SSSR count). The lowest BCUT2D eigenvalue weighted by Crippen LogP contribution is -2.42. The molecule has 22 heavy (non-hydrogen) atoms. The van der Waals surface area contributed by atoms with Crippen LogP contribution in [0.25, 0.3) is 0 Å². The van der Waals surface area contributed by atoms with Crippen molar-refractivity contribution in [3.8, 4) is 0 Å². The zero-order valence-electron chi connectivity index (χ0n) is 13.3. The lowest BCUT2D eigenvalue weighted by Gasteiger charge is -2.25. The van der Waals surface area contributed by atoms with Crippen LogP contribution >= 0.6 is 0 Å². The predicted molar refractivity (Wildman–Crippen MR) is 86.8 cm³/mol. The van der Waals surface area contributed by atoms with Crippen LogP contribution in [0, 0.1) is 6.92 Å². The highest BCUT2D eigenvalue weighted by Crippen LogP contribution is 2.31. The highest BCUT2D eigenvalue weighted by Gasteiger charge is 2.30. The molecule has 0 spiro atoms. The van der Waals surface area contributed by atoms with E-state index in [9.17, 15) is 4.79 Å². The van der Waals surface area contributed by atoms with E-state index in [0.717, 1.165) is 23.6 Å². The van der Waals surface area contributed by atoms with E-state index in [1.54, 1.807) is 0 Å². The van der Waals surface area contributed by atoms with E-state index in [-0.39, 0.29) is 11.9 Å². The molecule has 1 aliphatic rings. The highest BCUT2D eigenvalue weighted by molar-refractivity contribution is 5.97. The summed E-state index contributed by atoms with van der Waals surface area (Å²) in [6, 6.07) is 8.39. The summed E-state index contributed by atoms with van der Waals surface area (Å²) in [5.74, 6) is 1.03. The number of amides is 1. The van der Waals surface area contributed by atoms with E-state index in [0.29, 0.717) is 13.1 Å².